The van der Waals surface area contributed by atoms with Gasteiger partial charge in [0.2, 0.25) is 0 Å². The van der Waals surface area contributed by atoms with Crippen molar-refractivity contribution in [2.45, 2.75) is 26.7 Å². The van der Waals surface area contributed by atoms with Crippen LogP contribution in [0.25, 0.3) is 0 Å². The number of aromatic nitrogens is 1. The maximum atomic E-state index is 12.1. The van der Waals surface area contributed by atoms with Crippen LogP contribution in [0.1, 0.15) is 35.8 Å². The van der Waals surface area contributed by atoms with Gasteiger partial charge >= 0.3 is 0 Å². The number of nitrogen functional groups attached to an aromatic ring is 1. The molecule has 0 unspecified atom stereocenters. The number of anilines is 1. The maximum Gasteiger partial charge on any atom is 0.251 e. The first-order valence-corrected chi connectivity index (χ1v) is 7.33. The normalized spacial score (nSPS) is 17.1. The number of rotatable bonds is 4. The molecular formula is C15H24N4O. The Morgan fingerprint density at radius 1 is 1.45 bits per heavy atom. The van der Waals surface area contributed by atoms with E-state index in [1.54, 1.807) is 12.1 Å². The van der Waals surface area contributed by atoms with Gasteiger partial charge in [-0.3, -0.25) is 4.79 Å². The topological polar surface area (TPSA) is 71.2 Å². The van der Waals surface area contributed by atoms with Crippen LogP contribution in [0.15, 0.2) is 12.1 Å². The lowest BCUT2D eigenvalue weighted by atomic mass is 9.97. The van der Waals surface area contributed by atoms with E-state index in [4.69, 9.17) is 5.73 Å². The predicted octanol–water partition coefficient (Wildman–Crippen LogP) is 1.43. The molecule has 0 bridgehead atoms. The zero-order valence-corrected chi connectivity index (χ0v) is 12.4. The number of nitrogens with two attached hydrogens (primary N) is 1. The molecule has 0 spiro atoms. The van der Waals surface area contributed by atoms with Gasteiger partial charge in [0.1, 0.15) is 5.82 Å². The first kappa shape index (κ1) is 14.8. The summed E-state index contributed by atoms with van der Waals surface area (Å²) in [6.45, 7) is 8.18. The standard InChI is InChI=1S/C15H24N4O/c1-3-19-6-4-12(5-7-19)10-17-15(20)13-8-11(2)18-14(16)9-13/h8-9,12H,3-7,10H2,1-2H3,(H2,16,18)(H,17,20). The average Bonchev–Trinajstić information content (AvgIpc) is 2.44. The molecule has 1 aromatic rings. The third-order valence-electron chi connectivity index (χ3n) is 3.94. The molecule has 110 valence electrons. The molecule has 20 heavy (non-hydrogen) atoms. The molecule has 3 N–H and O–H groups in total. The van der Waals surface area contributed by atoms with Gasteiger partial charge in [0.05, 0.1) is 0 Å². The van der Waals surface area contributed by atoms with Crippen molar-refractivity contribution in [1.29, 1.82) is 0 Å². The average molecular weight is 276 g/mol. The number of aryl methyl sites for hydroxylation is 1. The summed E-state index contributed by atoms with van der Waals surface area (Å²) in [5, 5.41) is 3.02. The molecule has 0 aromatic carbocycles. The highest BCUT2D eigenvalue weighted by molar-refractivity contribution is 5.94. The van der Waals surface area contributed by atoms with Crippen LogP contribution in [0.4, 0.5) is 5.82 Å². The van der Waals surface area contributed by atoms with Crippen LogP contribution in [0.5, 0.6) is 0 Å². The van der Waals surface area contributed by atoms with Gasteiger partial charge in [-0.2, -0.15) is 0 Å². The lowest BCUT2D eigenvalue weighted by molar-refractivity contribution is 0.0936. The van der Waals surface area contributed by atoms with E-state index in [0.29, 0.717) is 17.3 Å². The lowest BCUT2D eigenvalue weighted by Gasteiger charge is -2.31. The summed E-state index contributed by atoms with van der Waals surface area (Å²) >= 11 is 0. The van der Waals surface area contributed by atoms with Crippen LogP contribution in [0, 0.1) is 12.8 Å². The summed E-state index contributed by atoms with van der Waals surface area (Å²) < 4.78 is 0. The molecule has 1 aliphatic rings. The Morgan fingerprint density at radius 2 is 2.15 bits per heavy atom. The monoisotopic (exact) mass is 276 g/mol. The van der Waals surface area contributed by atoms with Crippen molar-refractivity contribution in [2.75, 3.05) is 31.9 Å². The fraction of sp³-hybridized carbons (Fsp3) is 0.600. The molecule has 1 aromatic heterocycles. The number of nitrogens with zero attached hydrogens (tertiary/aromatic N) is 2. The number of nitrogens with one attached hydrogen (secondary N) is 1. The minimum Gasteiger partial charge on any atom is -0.384 e. The third-order valence-corrected chi connectivity index (χ3v) is 3.94. The number of piperidine rings is 1. The van der Waals surface area contributed by atoms with E-state index in [2.05, 4.69) is 22.1 Å². The minimum absolute atomic E-state index is 0.0554. The Labute approximate surface area is 120 Å². The number of likely N-dealkylation sites (tertiary alicyclic amines) is 1. The second-order valence-electron chi connectivity index (χ2n) is 5.51. The van der Waals surface area contributed by atoms with Gasteiger partial charge in [0.15, 0.2) is 0 Å². The van der Waals surface area contributed by atoms with Gasteiger partial charge in [0, 0.05) is 17.8 Å². The second kappa shape index (κ2) is 6.70. The highest BCUT2D eigenvalue weighted by Gasteiger charge is 2.18. The molecule has 2 rings (SSSR count). The number of hydrogen-bond acceptors (Lipinski definition) is 4. The third kappa shape index (κ3) is 3.93. The number of pyridine rings is 1. The first-order chi connectivity index (χ1) is 9.58. The SMILES string of the molecule is CCN1CCC(CNC(=O)c2cc(C)nc(N)c2)CC1. The van der Waals surface area contributed by atoms with Crippen molar-refractivity contribution in [2.24, 2.45) is 5.92 Å². The summed E-state index contributed by atoms with van der Waals surface area (Å²) in [5.41, 5.74) is 7.04. The van der Waals surface area contributed by atoms with E-state index in [1.165, 1.54) is 0 Å². The number of carbonyl (C=O) groups excluding carboxylic acids is 1. The molecule has 0 radical (unpaired) electrons. The van der Waals surface area contributed by atoms with E-state index >= 15 is 0 Å². The quantitative estimate of drug-likeness (QED) is 0.873. The molecule has 5 nitrogen and oxygen atoms in total. The van der Waals surface area contributed by atoms with E-state index < -0.39 is 0 Å². The molecule has 2 heterocycles. The largest absolute Gasteiger partial charge is 0.384 e. The first-order valence-electron chi connectivity index (χ1n) is 7.33. The Bertz CT molecular complexity index is 447. The lowest BCUT2D eigenvalue weighted by Crippen LogP contribution is -2.38. The number of hydrogen-bond donors (Lipinski definition) is 2. The van der Waals surface area contributed by atoms with Crippen LogP contribution in [0.3, 0.4) is 0 Å². The summed E-state index contributed by atoms with van der Waals surface area (Å²) in [4.78, 5) is 18.6. The van der Waals surface area contributed by atoms with Crippen molar-refractivity contribution in [3.8, 4) is 0 Å². The van der Waals surface area contributed by atoms with E-state index in [-0.39, 0.29) is 5.91 Å². The van der Waals surface area contributed by atoms with E-state index in [0.717, 1.165) is 44.7 Å². The van der Waals surface area contributed by atoms with Crippen molar-refractivity contribution < 1.29 is 4.79 Å². The van der Waals surface area contributed by atoms with E-state index in [1.807, 2.05) is 6.92 Å². The minimum atomic E-state index is -0.0554. The van der Waals surface area contributed by atoms with Gasteiger partial charge in [0.25, 0.3) is 5.91 Å². The molecule has 0 saturated carbocycles. The molecule has 1 amide bonds. The molecular weight excluding hydrogens is 252 g/mol. The van der Waals surface area contributed by atoms with Crippen molar-refractivity contribution >= 4 is 11.7 Å². The molecule has 1 fully saturated rings. The zero-order chi connectivity index (χ0) is 14.5. The van der Waals surface area contributed by atoms with Crippen LogP contribution in [-0.4, -0.2) is 42.0 Å². The van der Waals surface area contributed by atoms with Crippen LogP contribution >= 0.6 is 0 Å². The van der Waals surface area contributed by atoms with Crippen LogP contribution < -0.4 is 11.1 Å². The Balaban J connectivity index is 1.83. The summed E-state index contributed by atoms with van der Waals surface area (Å²) in [6.07, 6.45) is 2.32. The fourth-order valence-electron chi connectivity index (χ4n) is 2.67. The van der Waals surface area contributed by atoms with E-state index in [9.17, 15) is 4.79 Å². The molecule has 1 aliphatic heterocycles. The van der Waals surface area contributed by atoms with Gasteiger partial charge in [-0.05, 0) is 57.5 Å². The van der Waals surface area contributed by atoms with Crippen molar-refractivity contribution in [3.63, 3.8) is 0 Å². The smallest absolute Gasteiger partial charge is 0.251 e. The number of carbonyl (C=O) groups is 1. The van der Waals surface area contributed by atoms with Crippen molar-refractivity contribution in [3.05, 3.63) is 23.4 Å². The fourth-order valence-corrected chi connectivity index (χ4v) is 2.67. The van der Waals surface area contributed by atoms with Gasteiger partial charge in [-0.15, -0.1) is 0 Å². The number of amides is 1. The van der Waals surface area contributed by atoms with Crippen LogP contribution in [0.2, 0.25) is 0 Å². The summed E-state index contributed by atoms with van der Waals surface area (Å²) in [6, 6.07) is 3.40. The Morgan fingerprint density at radius 3 is 2.75 bits per heavy atom. The highest BCUT2D eigenvalue weighted by atomic mass is 16.1. The molecule has 0 atom stereocenters. The van der Waals surface area contributed by atoms with Gasteiger partial charge < -0.3 is 16.0 Å². The zero-order valence-electron chi connectivity index (χ0n) is 12.4. The van der Waals surface area contributed by atoms with Crippen molar-refractivity contribution in [1.82, 2.24) is 15.2 Å². The van der Waals surface area contributed by atoms with Crippen LogP contribution in [-0.2, 0) is 0 Å². The van der Waals surface area contributed by atoms with Gasteiger partial charge in [-0.25, -0.2) is 4.98 Å². The predicted molar refractivity (Wildman–Crippen MR) is 80.6 cm³/mol. The molecule has 1 saturated heterocycles. The Kier molecular flexibility index (Phi) is 4.95. The highest BCUT2D eigenvalue weighted by Crippen LogP contribution is 2.16. The summed E-state index contributed by atoms with van der Waals surface area (Å²) in [5.74, 6) is 0.925. The Hall–Kier alpha value is -1.62. The summed E-state index contributed by atoms with van der Waals surface area (Å²) in [7, 11) is 0. The molecule has 0 aliphatic carbocycles. The maximum absolute atomic E-state index is 12.1. The second-order valence-corrected chi connectivity index (χ2v) is 5.51. The van der Waals surface area contributed by atoms with Gasteiger partial charge in [-0.1, -0.05) is 6.92 Å². The molecule has 5 heteroatoms.